The summed E-state index contributed by atoms with van der Waals surface area (Å²) in [6.45, 7) is 5.00. The van der Waals surface area contributed by atoms with Crippen LogP contribution in [0.2, 0.25) is 10.0 Å². The van der Waals surface area contributed by atoms with Crippen LogP contribution in [-0.4, -0.2) is 45.1 Å². The van der Waals surface area contributed by atoms with Crippen molar-refractivity contribution in [3.05, 3.63) is 45.9 Å². The van der Waals surface area contributed by atoms with Crippen molar-refractivity contribution in [3.8, 4) is 17.2 Å². The van der Waals surface area contributed by atoms with Crippen molar-refractivity contribution in [1.29, 1.82) is 0 Å². The van der Waals surface area contributed by atoms with Crippen LogP contribution in [0.4, 0.5) is 5.69 Å². The zero-order valence-corrected chi connectivity index (χ0v) is 22.1. The van der Waals surface area contributed by atoms with Crippen LogP contribution in [0.1, 0.15) is 44.6 Å². The molecule has 0 spiro atoms. The van der Waals surface area contributed by atoms with Crippen LogP contribution in [0, 0.1) is 5.92 Å². The van der Waals surface area contributed by atoms with Gasteiger partial charge in [-0.3, -0.25) is 4.79 Å². The fourth-order valence-electron chi connectivity index (χ4n) is 3.99. The predicted molar refractivity (Wildman–Crippen MR) is 136 cm³/mol. The molecule has 2 aromatic rings. The molecule has 0 aromatic heterocycles. The first-order chi connectivity index (χ1) is 16.0. The van der Waals surface area contributed by atoms with Crippen LogP contribution >= 0.6 is 23.2 Å². The monoisotopic (exact) mass is 528 g/mol. The molecule has 3 rings (SSSR count). The van der Waals surface area contributed by atoms with Crippen LogP contribution in [-0.2, 0) is 14.8 Å². The first-order valence-corrected chi connectivity index (χ1v) is 13.7. The number of anilines is 1. The van der Waals surface area contributed by atoms with E-state index in [-0.39, 0.29) is 27.8 Å². The van der Waals surface area contributed by atoms with E-state index < -0.39 is 10.0 Å². The molecule has 1 N–H and O–H groups in total. The Balaban J connectivity index is 1.64. The second kappa shape index (κ2) is 11.2. The number of nitrogens with zero attached hydrogens (tertiary/aromatic N) is 1. The highest BCUT2D eigenvalue weighted by Crippen LogP contribution is 2.40. The summed E-state index contributed by atoms with van der Waals surface area (Å²) in [6, 6.07) is 8.70. The largest absolute Gasteiger partial charge is 0.496 e. The smallest absolute Gasteiger partial charge is 0.224 e. The van der Waals surface area contributed by atoms with Crippen LogP contribution in [0.3, 0.4) is 0 Å². The maximum absolute atomic E-state index is 12.5. The number of halogens is 2. The SMILES string of the molecule is COc1ccc(Oc2c(Cl)cc(NC(=O)CC3CCN(S(C)(=O)=O)CC3)cc2Cl)cc1C(C)C. The van der Waals surface area contributed by atoms with E-state index in [4.69, 9.17) is 32.7 Å². The summed E-state index contributed by atoms with van der Waals surface area (Å²) >= 11 is 12.9. The third kappa shape index (κ3) is 6.78. The van der Waals surface area contributed by atoms with Gasteiger partial charge in [0.15, 0.2) is 5.75 Å². The van der Waals surface area contributed by atoms with Gasteiger partial charge in [0.2, 0.25) is 15.9 Å². The van der Waals surface area contributed by atoms with Crippen LogP contribution in [0.15, 0.2) is 30.3 Å². The van der Waals surface area contributed by atoms with E-state index in [0.717, 1.165) is 11.3 Å². The van der Waals surface area contributed by atoms with Crippen molar-refractivity contribution in [3.63, 3.8) is 0 Å². The second-order valence-corrected chi connectivity index (χ2v) is 11.6. The lowest BCUT2D eigenvalue weighted by Crippen LogP contribution is -2.38. The molecule has 34 heavy (non-hydrogen) atoms. The fourth-order valence-corrected chi connectivity index (χ4v) is 5.43. The maximum Gasteiger partial charge on any atom is 0.224 e. The molecule has 1 aliphatic rings. The molecule has 1 fully saturated rings. The molecule has 0 unspecified atom stereocenters. The summed E-state index contributed by atoms with van der Waals surface area (Å²) < 4.78 is 36.1. The molecule has 1 aliphatic heterocycles. The van der Waals surface area contributed by atoms with Gasteiger partial charge >= 0.3 is 0 Å². The van der Waals surface area contributed by atoms with Crippen molar-refractivity contribution in [1.82, 2.24) is 4.31 Å². The molecular formula is C24H30Cl2N2O5S. The summed E-state index contributed by atoms with van der Waals surface area (Å²) in [6.07, 6.45) is 2.80. The van der Waals surface area contributed by atoms with E-state index in [2.05, 4.69) is 19.2 Å². The number of hydrogen-bond donors (Lipinski definition) is 1. The third-order valence-corrected chi connectivity index (χ3v) is 7.71. The van der Waals surface area contributed by atoms with Gasteiger partial charge < -0.3 is 14.8 Å². The Labute approximate surface area is 211 Å². The lowest BCUT2D eigenvalue weighted by molar-refractivity contribution is -0.117. The number of benzene rings is 2. The maximum atomic E-state index is 12.5. The number of amides is 1. The molecule has 1 amide bonds. The molecule has 0 aliphatic carbocycles. The fraction of sp³-hybridized carbons (Fsp3) is 0.458. The summed E-state index contributed by atoms with van der Waals surface area (Å²) in [5, 5.41) is 3.37. The van der Waals surface area contributed by atoms with Gasteiger partial charge in [0.1, 0.15) is 11.5 Å². The Morgan fingerprint density at radius 2 is 1.76 bits per heavy atom. The molecule has 186 valence electrons. The molecule has 10 heteroatoms. The topological polar surface area (TPSA) is 84.9 Å². The highest BCUT2D eigenvalue weighted by Gasteiger charge is 2.26. The van der Waals surface area contributed by atoms with Gasteiger partial charge in [-0.2, -0.15) is 0 Å². The van der Waals surface area contributed by atoms with Gasteiger partial charge in [0.25, 0.3) is 0 Å². The zero-order chi connectivity index (χ0) is 25.0. The number of rotatable bonds is 8. The first kappa shape index (κ1) is 26.6. The Kier molecular flexibility index (Phi) is 8.73. The van der Waals surface area contributed by atoms with Crippen molar-refractivity contribution < 1.29 is 22.7 Å². The standard InChI is InChI=1S/C24H30Cl2N2O5S/c1-15(2)19-14-18(5-6-22(19)32-3)33-24-20(25)12-17(13-21(24)26)27-23(29)11-16-7-9-28(10-8-16)34(4,30)31/h5-6,12-16H,7-11H2,1-4H3,(H,27,29). The molecule has 1 saturated heterocycles. The summed E-state index contributed by atoms with van der Waals surface area (Å²) in [7, 11) is -1.56. The molecule has 0 atom stereocenters. The van der Waals surface area contributed by atoms with Crippen molar-refractivity contribution in [2.45, 2.75) is 39.0 Å². The van der Waals surface area contributed by atoms with E-state index in [9.17, 15) is 13.2 Å². The van der Waals surface area contributed by atoms with Gasteiger partial charge in [-0.05, 0) is 55.0 Å². The van der Waals surface area contributed by atoms with E-state index in [1.54, 1.807) is 25.3 Å². The number of carbonyl (C=O) groups excluding carboxylic acids is 1. The van der Waals surface area contributed by atoms with Gasteiger partial charge in [0, 0.05) is 30.8 Å². The quantitative estimate of drug-likeness (QED) is 0.459. The minimum absolute atomic E-state index is 0.122. The highest BCUT2D eigenvalue weighted by atomic mass is 35.5. The van der Waals surface area contributed by atoms with Gasteiger partial charge in [0.05, 0.1) is 23.4 Å². The highest BCUT2D eigenvalue weighted by molar-refractivity contribution is 7.88. The number of sulfonamides is 1. The van der Waals surface area contributed by atoms with Crippen molar-refractivity contribution in [2.75, 3.05) is 31.8 Å². The summed E-state index contributed by atoms with van der Waals surface area (Å²) in [4.78, 5) is 12.5. The molecule has 1 heterocycles. The Morgan fingerprint density at radius 3 is 2.29 bits per heavy atom. The van der Waals surface area contributed by atoms with Gasteiger partial charge in [-0.1, -0.05) is 37.0 Å². The first-order valence-electron chi connectivity index (χ1n) is 11.1. The number of hydrogen-bond acceptors (Lipinski definition) is 5. The zero-order valence-electron chi connectivity index (χ0n) is 19.7. The summed E-state index contributed by atoms with van der Waals surface area (Å²) in [5.74, 6) is 1.84. The lowest BCUT2D eigenvalue weighted by Gasteiger charge is -2.29. The van der Waals surface area contributed by atoms with Crippen molar-refractivity contribution in [2.24, 2.45) is 5.92 Å². The summed E-state index contributed by atoms with van der Waals surface area (Å²) in [5.41, 5.74) is 1.47. The molecule has 0 saturated carbocycles. The van der Waals surface area contributed by atoms with Crippen LogP contribution in [0.5, 0.6) is 17.2 Å². The number of carbonyl (C=O) groups is 1. The number of methoxy groups -OCH3 is 1. The average Bonchev–Trinajstić information content (AvgIpc) is 2.75. The predicted octanol–water partition coefficient (Wildman–Crippen LogP) is 5.92. The minimum Gasteiger partial charge on any atom is -0.496 e. The van der Waals surface area contributed by atoms with Crippen LogP contribution < -0.4 is 14.8 Å². The molecule has 0 bridgehead atoms. The number of piperidine rings is 1. The van der Waals surface area contributed by atoms with E-state index in [1.165, 1.54) is 10.6 Å². The van der Waals surface area contributed by atoms with E-state index in [1.807, 2.05) is 12.1 Å². The number of nitrogens with one attached hydrogen (secondary N) is 1. The van der Waals surface area contributed by atoms with Gasteiger partial charge in [-0.25, -0.2) is 12.7 Å². The van der Waals surface area contributed by atoms with Crippen LogP contribution in [0.25, 0.3) is 0 Å². The average molecular weight is 529 g/mol. The number of ether oxygens (including phenoxy) is 2. The third-order valence-electron chi connectivity index (χ3n) is 5.84. The van der Waals surface area contributed by atoms with Crippen molar-refractivity contribution >= 4 is 44.8 Å². The lowest BCUT2D eigenvalue weighted by atomic mass is 9.94. The van der Waals surface area contributed by atoms with E-state index >= 15 is 0 Å². The second-order valence-electron chi connectivity index (χ2n) is 8.79. The van der Waals surface area contributed by atoms with E-state index in [0.29, 0.717) is 49.5 Å². The molecule has 2 aromatic carbocycles. The Morgan fingerprint density at radius 1 is 1.15 bits per heavy atom. The molecule has 7 nitrogen and oxygen atoms in total. The molecular weight excluding hydrogens is 499 g/mol. The minimum atomic E-state index is -3.19. The van der Waals surface area contributed by atoms with Gasteiger partial charge in [-0.15, -0.1) is 0 Å². The Bertz CT molecular complexity index is 1120. The normalized spacial score (nSPS) is 15.4. The molecule has 0 radical (unpaired) electrons. The Hall–Kier alpha value is -2.00.